The number of nitrogens with one attached hydrogen (secondary N) is 1. The number of nitrogens with zero attached hydrogens (tertiary/aromatic N) is 1. The van der Waals surface area contributed by atoms with Crippen LogP contribution in [0, 0.1) is 5.92 Å². The third-order valence-corrected chi connectivity index (χ3v) is 4.50. The summed E-state index contributed by atoms with van der Waals surface area (Å²) in [4.78, 5) is 2.58. The van der Waals surface area contributed by atoms with Gasteiger partial charge >= 0.3 is 0 Å². The number of hydrogen-bond acceptors (Lipinski definition) is 3. The van der Waals surface area contributed by atoms with Crippen LogP contribution in [0.3, 0.4) is 0 Å². The minimum atomic E-state index is 0.320. The molecule has 2 atom stereocenters. The van der Waals surface area contributed by atoms with Crippen LogP contribution in [0.1, 0.15) is 38.7 Å². The van der Waals surface area contributed by atoms with Gasteiger partial charge < -0.3 is 10.4 Å². The van der Waals surface area contributed by atoms with Gasteiger partial charge in [0.15, 0.2) is 0 Å². The van der Waals surface area contributed by atoms with Gasteiger partial charge in [0, 0.05) is 38.3 Å². The number of benzene rings is 1. The van der Waals surface area contributed by atoms with Crippen molar-refractivity contribution in [2.45, 2.75) is 51.7 Å². The first kappa shape index (κ1) is 16.5. The fourth-order valence-electron chi connectivity index (χ4n) is 3.26. The molecule has 1 aliphatic heterocycles. The summed E-state index contributed by atoms with van der Waals surface area (Å²) in [6.07, 6.45) is 3.31. The highest BCUT2D eigenvalue weighted by Crippen LogP contribution is 2.23. The van der Waals surface area contributed by atoms with Gasteiger partial charge in [0.1, 0.15) is 0 Å². The maximum Gasteiger partial charge on any atom is 0.0431 e. The summed E-state index contributed by atoms with van der Waals surface area (Å²) in [5.41, 5.74) is 1.35. The summed E-state index contributed by atoms with van der Waals surface area (Å²) < 4.78 is 0. The van der Waals surface area contributed by atoms with Crippen molar-refractivity contribution < 1.29 is 5.11 Å². The second-order valence-electron chi connectivity index (χ2n) is 6.58. The standard InChI is InChI=1S/C18H30N2O/c1-15(2)20-13-17(9-6-10-21)11-18(14-20)19-12-16-7-4-3-5-8-16/h3-5,7-8,15,17-19,21H,6,9-14H2,1-2H3. The van der Waals surface area contributed by atoms with Crippen molar-refractivity contribution in [1.82, 2.24) is 10.2 Å². The molecule has 118 valence electrons. The summed E-state index contributed by atoms with van der Waals surface area (Å²) in [5, 5.41) is 12.8. The monoisotopic (exact) mass is 290 g/mol. The SMILES string of the molecule is CC(C)N1CC(CCCO)CC(NCc2ccccc2)C1. The van der Waals surface area contributed by atoms with Crippen molar-refractivity contribution in [3.05, 3.63) is 35.9 Å². The van der Waals surface area contributed by atoms with Gasteiger partial charge in [0.05, 0.1) is 0 Å². The molecule has 2 unspecified atom stereocenters. The van der Waals surface area contributed by atoms with Crippen LogP contribution in [0.15, 0.2) is 30.3 Å². The van der Waals surface area contributed by atoms with E-state index in [4.69, 9.17) is 5.11 Å². The predicted molar refractivity (Wildman–Crippen MR) is 88.2 cm³/mol. The van der Waals surface area contributed by atoms with E-state index < -0.39 is 0 Å². The molecule has 0 bridgehead atoms. The van der Waals surface area contributed by atoms with Crippen LogP contribution >= 0.6 is 0 Å². The van der Waals surface area contributed by atoms with E-state index in [1.54, 1.807) is 0 Å². The van der Waals surface area contributed by atoms with Gasteiger partial charge in [-0.1, -0.05) is 30.3 Å². The van der Waals surface area contributed by atoms with Crippen molar-refractivity contribution in [3.63, 3.8) is 0 Å². The normalized spacial score (nSPS) is 23.6. The Morgan fingerprint density at radius 3 is 2.67 bits per heavy atom. The number of piperidine rings is 1. The van der Waals surface area contributed by atoms with Crippen LogP contribution in [0.2, 0.25) is 0 Å². The number of aliphatic hydroxyl groups is 1. The Balaban J connectivity index is 1.87. The van der Waals surface area contributed by atoms with E-state index in [0.717, 1.165) is 25.9 Å². The quantitative estimate of drug-likeness (QED) is 0.810. The van der Waals surface area contributed by atoms with E-state index in [1.165, 1.54) is 18.5 Å². The van der Waals surface area contributed by atoms with Crippen LogP contribution < -0.4 is 5.32 Å². The van der Waals surface area contributed by atoms with Crippen molar-refractivity contribution in [3.8, 4) is 0 Å². The van der Waals surface area contributed by atoms with E-state index >= 15 is 0 Å². The van der Waals surface area contributed by atoms with Gasteiger partial charge in [0.2, 0.25) is 0 Å². The molecule has 0 aromatic heterocycles. The minimum Gasteiger partial charge on any atom is -0.396 e. The highest BCUT2D eigenvalue weighted by atomic mass is 16.2. The molecule has 0 amide bonds. The first-order chi connectivity index (χ1) is 10.2. The number of hydrogen-bond donors (Lipinski definition) is 2. The first-order valence-corrected chi connectivity index (χ1v) is 8.31. The molecule has 1 saturated heterocycles. The summed E-state index contributed by atoms with van der Waals surface area (Å²) in [6.45, 7) is 8.15. The molecule has 2 rings (SSSR count). The molecule has 0 spiro atoms. The molecule has 0 aliphatic carbocycles. The molecule has 0 radical (unpaired) electrons. The van der Waals surface area contributed by atoms with Crippen LogP contribution in [0.5, 0.6) is 0 Å². The molecular weight excluding hydrogens is 260 g/mol. The summed E-state index contributed by atoms with van der Waals surface area (Å²) in [6, 6.07) is 11.8. The molecule has 3 nitrogen and oxygen atoms in total. The van der Waals surface area contributed by atoms with Crippen LogP contribution in [-0.4, -0.2) is 41.8 Å². The van der Waals surface area contributed by atoms with E-state index in [2.05, 4.69) is 54.4 Å². The minimum absolute atomic E-state index is 0.320. The zero-order chi connectivity index (χ0) is 15.1. The van der Waals surface area contributed by atoms with Crippen LogP contribution in [0.4, 0.5) is 0 Å². The number of likely N-dealkylation sites (tertiary alicyclic amines) is 1. The van der Waals surface area contributed by atoms with Gasteiger partial charge in [-0.2, -0.15) is 0 Å². The van der Waals surface area contributed by atoms with Crippen molar-refractivity contribution in [1.29, 1.82) is 0 Å². The summed E-state index contributed by atoms with van der Waals surface area (Å²) in [7, 11) is 0. The average molecular weight is 290 g/mol. The molecule has 2 N–H and O–H groups in total. The lowest BCUT2D eigenvalue weighted by Gasteiger charge is -2.40. The van der Waals surface area contributed by atoms with E-state index in [-0.39, 0.29) is 0 Å². The molecule has 1 aromatic carbocycles. The maximum atomic E-state index is 9.06. The average Bonchev–Trinajstić information content (AvgIpc) is 2.51. The van der Waals surface area contributed by atoms with Crippen LogP contribution in [-0.2, 0) is 6.54 Å². The molecule has 3 heteroatoms. The van der Waals surface area contributed by atoms with Gasteiger partial charge in [0.25, 0.3) is 0 Å². The van der Waals surface area contributed by atoms with Gasteiger partial charge in [-0.15, -0.1) is 0 Å². The van der Waals surface area contributed by atoms with Crippen molar-refractivity contribution >= 4 is 0 Å². The molecule has 1 aromatic rings. The first-order valence-electron chi connectivity index (χ1n) is 8.31. The molecule has 1 aliphatic rings. The van der Waals surface area contributed by atoms with Gasteiger partial charge in [-0.05, 0) is 44.6 Å². The Morgan fingerprint density at radius 2 is 2.00 bits per heavy atom. The highest BCUT2D eigenvalue weighted by Gasteiger charge is 2.27. The molecule has 0 saturated carbocycles. The molecule has 21 heavy (non-hydrogen) atoms. The third kappa shape index (κ3) is 5.42. The second kappa shape index (κ2) is 8.52. The Hall–Kier alpha value is -0.900. The molecule has 1 fully saturated rings. The maximum absolute atomic E-state index is 9.06. The largest absolute Gasteiger partial charge is 0.396 e. The Morgan fingerprint density at radius 1 is 1.24 bits per heavy atom. The third-order valence-electron chi connectivity index (χ3n) is 4.50. The molecule has 1 heterocycles. The summed E-state index contributed by atoms with van der Waals surface area (Å²) >= 11 is 0. The Kier molecular flexibility index (Phi) is 6.68. The molecular formula is C18H30N2O. The zero-order valence-electron chi connectivity index (χ0n) is 13.5. The predicted octanol–water partition coefficient (Wildman–Crippen LogP) is 2.65. The zero-order valence-corrected chi connectivity index (χ0v) is 13.5. The highest BCUT2D eigenvalue weighted by molar-refractivity contribution is 5.14. The summed E-state index contributed by atoms with van der Waals surface area (Å²) in [5.74, 6) is 0.710. The topological polar surface area (TPSA) is 35.5 Å². The van der Waals surface area contributed by atoms with Crippen molar-refractivity contribution in [2.75, 3.05) is 19.7 Å². The van der Waals surface area contributed by atoms with Crippen LogP contribution in [0.25, 0.3) is 0 Å². The number of rotatable bonds is 7. The number of aliphatic hydroxyl groups excluding tert-OH is 1. The van der Waals surface area contributed by atoms with Gasteiger partial charge in [-0.25, -0.2) is 0 Å². The van der Waals surface area contributed by atoms with E-state index in [0.29, 0.717) is 24.6 Å². The van der Waals surface area contributed by atoms with Gasteiger partial charge in [-0.3, -0.25) is 4.90 Å². The van der Waals surface area contributed by atoms with E-state index in [9.17, 15) is 0 Å². The second-order valence-corrected chi connectivity index (χ2v) is 6.58. The van der Waals surface area contributed by atoms with E-state index in [1.807, 2.05) is 0 Å². The Bertz CT molecular complexity index is 393. The fraction of sp³-hybridized carbons (Fsp3) is 0.667. The fourth-order valence-corrected chi connectivity index (χ4v) is 3.26. The smallest absolute Gasteiger partial charge is 0.0431 e. The Labute approximate surface area is 129 Å². The van der Waals surface area contributed by atoms with Crippen molar-refractivity contribution in [2.24, 2.45) is 5.92 Å². The lowest BCUT2D eigenvalue weighted by molar-refractivity contribution is 0.103. The lowest BCUT2D eigenvalue weighted by Crippen LogP contribution is -2.51. The lowest BCUT2D eigenvalue weighted by atomic mass is 9.89.